The lowest BCUT2D eigenvalue weighted by Crippen LogP contribution is -2.51. The number of carbonyl (C=O) groups is 2. The van der Waals surface area contributed by atoms with Gasteiger partial charge in [-0.2, -0.15) is 0 Å². The number of nitrogens with one attached hydrogen (secondary N) is 1. The van der Waals surface area contributed by atoms with Crippen LogP contribution in [0, 0.1) is 28.8 Å². The molecule has 3 rings (SSSR count). The van der Waals surface area contributed by atoms with Crippen LogP contribution in [0.25, 0.3) is 0 Å². The molecule has 0 spiro atoms. The van der Waals surface area contributed by atoms with Crippen molar-refractivity contribution in [1.29, 1.82) is 0 Å². The highest BCUT2D eigenvalue weighted by Crippen LogP contribution is 2.36. The number of hydrogen-bond donors (Lipinski definition) is 1. The molecule has 11 nitrogen and oxygen atoms in total. The smallest absolute Gasteiger partial charge is 0.273 e. The predicted molar refractivity (Wildman–Crippen MR) is 165 cm³/mol. The van der Waals surface area contributed by atoms with Crippen LogP contribution in [0.3, 0.4) is 0 Å². The van der Waals surface area contributed by atoms with Crippen molar-refractivity contribution in [2.24, 2.45) is 5.92 Å². The van der Waals surface area contributed by atoms with Gasteiger partial charge in [-0.15, -0.1) is 0 Å². The van der Waals surface area contributed by atoms with Crippen molar-refractivity contribution >= 4 is 44.8 Å². The van der Waals surface area contributed by atoms with Crippen LogP contribution in [-0.4, -0.2) is 56.3 Å². The van der Waals surface area contributed by atoms with E-state index in [0.717, 1.165) is 10.4 Å². The highest BCUT2D eigenvalue weighted by molar-refractivity contribution is 7.92. The molecule has 0 heterocycles. The Morgan fingerprint density at radius 1 is 1.07 bits per heavy atom. The number of nitro benzene ring substituents is 1. The van der Waals surface area contributed by atoms with E-state index in [4.69, 9.17) is 16.3 Å². The van der Waals surface area contributed by atoms with Crippen LogP contribution in [0.5, 0.6) is 5.75 Å². The van der Waals surface area contributed by atoms with Gasteiger partial charge in [-0.3, -0.25) is 24.0 Å². The number of ether oxygens (including phenoxy) is 1. The number of rotatable bonds is 13. The number of nitrogens with zero attached hydrogens (tertiary/aromatic N) is 3. The molecule has 0 aromatic heterocycles. The van der Waals surface area contributed by atoms with E-state index in [1.165, 1.54) is 80.5 Å². The third kappa shape index (κ3) is 8.23. The van der Waals surface area contributed by atoms with Crippen LogP contribution >= 0.6 is 11.6 Å². The Hall–Kier alpha value is -4.23. The van der Waals surface area contributed by atoms with Gasteiger partial charge in [-0.1, -0.05) is 43.6 Å². The number of halogens is 2. The minimum atomic E-state index is -4.66. The predicted octanol–water partition coefficient (Wildman–Crippen LogP) is 5.09. The summed E-state index contributed by atoms with van der Waals surface area (Å²) < 4.78 is 48.0. The molecule has 0 bridgehead atoms. The Morgan fingerprint density at radius 2 is 1.73 bits per heavy atom. The fourth-order valence-electron chi connectivity index (χ4n) is 4.27. The van der Waals surface area contributed by atoms with Crippen LogP contribution in [0.2, 0.25) is 5.02 Å². The maximum atomic E-state index is 14.1. The summed E-state index contributed by atoms with van der Waals surface area (Å²) in [6.07, 6.45) is 0. The molecule has 14 heteroatoms. The van der Waals surface area contributed by atoms with E-state index in [2.05, 4.69) is 5.32 Å². The van der Waals surface area contributed by atoms with Gasteiger partial charge in [-0.05, 0) is 61.7 Å². The van der Waals surface area contributed by atoms with Crippen molar-refractivity contribution in [1.82, 2.24) is 10.2 Å². The third-order valence-corrected chi connectivity index (χ3v) is 8.76. The number of aryl methyl sites for hydroxylation is 1. The lowest BCUT2D eigenvalue weighted by atomic mass is 10.1. The molecule has 0 saturated heterocycles. The zero-order valence-electron chi connectivity index (χ0n) is 24.9. The van der Waals surface area contributed by atoms with Gasteiger partial charge in [0.25, 0.3) is 15.7 Å². The highest BCUT2D eigenvalue weighted by Gasteiger charge is 2.35. The van der Waals surface area contributed by atoms with E-state index in [1.54, 1.807) is 0 Å². The second-order valence-electron chi connectivity index (χ2n) is 10.5. The molecule has 1 atom stereocenters. The fourth-order valence-corrected chi connectivity index (χ4v) is 5.87. The van der Waals surface area contributed by atoms with Crippen molar-refractivity contribution in [3.8, 4) is 5.75 Å². The minimum Gasteiger partial charge on any atom is -0.495 e. The number of methoxy groups -OCH3 is 1. The van der Waals surface area contributed by atoms with Crippen molar-refractivity contribution < 1.29 is 32.1 Å². The van der Waals surface area contributed by atoms with Gasteiger partial charge in [0.2, 0.25) is 11.8 Å². The van der Waals surface area contributed by atoms with Crippen molar-refractivity contribution in [3.05, 3.63) is 92.7 Å². The van der Waals surface area contributed by atoms with Crippen molar-refractivity contribution in [2.75, 3.05) is 24.5 Å². The first-order chi connectivity index (χ1) is 20.6. The van der Waals surface area contributed by atoms with E-state index < -0.39 is 55.7 Å². The lowest BCUT2D eigenvalue weighted by Gasteiger charge is -2.32. The van der Waals surface area contributed by atoms with Gasteiger partial charge in [0, 0.05) is 29.7 Å². The number of anilines is 1. The topological polar surface area (TPSA) is 139 Å². The van der Waals surface area contributed by atoms with Gasteiger partial charge in [-0.25, -0.2) is 12.8 Å². The second kappa shape index (κ2) is 14.5. The van der Waals surface area contributed by atoms with Gasteiger partial charge in [0.15, 0.2) is 0 Å². The van der Waals surface area contributed by atoms with Crippen LogP contribution in [0.15, 0.2) is 65.6 Å². The maximum Gasteiger partial charge on any atom is 0.273 e. The average Bonchev–Trinajstić information content (AvgIpc) is 2.97. The molecular weight excluding hydrogens is 615 g/mol. The summed E-state index contributed by atoms with van der Waals surface area (Å²) in [4.78, 5) is 38.8. The first kappa shape index (κ1) is 34.3. The summed E-state index contributed by atoms with van der Waals surface area (Å²) >= 11 is 6.23. The molecule has 44 heavy (non-hydrogen) atoms. The molecule has 0 fully saturated rings. The molecule has 0 saturated carbocycles. The third-order valence-electron chi connectivity index (χ3n) is 6.77. The maximum absolute atomic E-state index is 14.1. The normalized spacial score (nSPS) is 12.0. The first-order valence-corrected chi connectivity index (χ1v) is 15.4. The highest BCUT2D eigenvalue weighted by atomic mass is 35.5. The monoisotopic (exact) mass is 648 g/mol. The SMILES string of the molecule is COc1ccc(Cl)cc1N(CC(=O)N(Cc1ccc(F)cc1)[C@H](C)C(=O)NCC(C)C)S(=O)(=O)c1ccc(C)c([N+](=O)[O-])c1. The largest absolute Gasteiger partial charge is 0.495 e. The second-order valence-corrected chi connectivity index (χ2v) is 12.8. The molecule has 0 unspecified atom stereocenters. The van der Waals surface area contributed by atoms with Gasteiger partial charge < -0.3 is 15.0 Å². The van der Waals surface area contributed by atoms with E-state index >= 15 is 0 Å². The molecule has 236 valence electrons. The number of benzene rings is 3. The minimum absolute atomic E-state index is 0.0557. The fraction of sp³-hybridized carbons (Fsp3) is 0.333. The van der Waals surface area contributed by atoms with Gasteiger partial charge >= 0.3 is 0 Å². The molecule has 0 aliphatic carbocycles. The van der Waals surface area contributed by atoms with Crippen molar-refractivity contribution in [3.63, 3.8) is 0 Å². The lowest BCUT2D eigenvalue weighted by molar-refractivity contribution is -0.385. The summed E-state index contributed by atoms with van der Waals surface area (Å²) in [6, 6.07) is 11.8. The molecule has 3 aromatic rings. The molecule has 1 N–H and O–H groups in total. The summed E-state index contributed by atoms with van der Waals surface area (Å²) in [5.41, 5.74) is 0.204. The summed E-state index contributed by atoms with van der Waals surface area (Å²) in [6.45, 7) is 6.14. The van der Waals surface area contributed by atoms with Crippen molar-refractivity contribution in [2.45, 2.75) is 45.2 Å². The Labute approximate surface area is 260 Å². The quantitative estimate of drug-likeness (QED) is 0.201. The molecule has 3 aromatic carbocycles. The van der Waals surface area contributed by atoms with Crippen LogP contribution < -0.4 is 14.4 Å². The number of carbonyl (C=O) groups excluding carboxylic acids is 2. The average molecular weight is 649 g/mol. The number of nitro groups is 1. The zero-order chi connectivity index (χ0) is 32.8. The standard InChI is InChI=1S/C30H34ClFN4O7S/c1-19(2)16-33-30(38)21(4)34(17-22-7-10-24(32)11-8-22)29(37)18-35(27-14-23(31)9-13-28(27)43-5)44(41,42)25-12-6-20(3)26(15-25)36(39)40/h6-15,19,21H,16-18H2,1-5H3,(H,33,38)/t21-/m1/s1. The van der Waals surface area contributed by atoms with Gasteiger partial charge in [0.1, 0.15) is 24.2 Å². The molecule has 2 amide bonds. The molecular formula is C30H34ClFN4O7S. The summed E-state index contributed by atoms with van der Waals surface area (Å²) in [5, 5.41) is 14.5. The van der Waals surface area contributed by atoms with E-state index in [9.17, 15) is 32.5 Å². The summed E-state index contributed by atoms with van der Waals surface area (Å²) in [7, 11) is -3.35. The van der Waals surface area contributed by atoms with E-state index in [0.29, 0.717) is 12.1 Å². The number of amides is 2. The van der Waals surface area contributed by atoms with Crippen LogP contribution in [-0.2, 0) is 26.2 Å². The Kier molecular flexibility index (Phi) is 11.3. The Bertz CT molecular complexity index is 1630. The first-order valence-electron chi connectivity index (χ1n) is 13.6. The Morgan fingerprint density at radius 3 is 2.32 bits per heavy atom. The van der Waals surface area contributed by atoms with Gasteiger partial charge in [0.05, 0.1) is 22.6 Å². The van der Waals surface area contributed by atoms with E-state index in [-0.39, 0.29) is 34.5 Å². The molecule has 0 aliphatic heterocycles. The molecule has 0 aliphatic rings. The number of hydrogen-bond acceptors (Lipinski definition) is 7. The van der Waals surface area contributed by atoms with Crippen LogP contribution in [0.1, 0.15) is 31.9 Å². The molecule has 0 radical (unpaired) electrons. The van der Waals surface area contributed by atoms with Crippen LogP contribution in [0.4, 0.5) is 15.8 Å². The Balaban J connectivity index is 2.14. The zero-order valence-corrected chi connectivity index (χ0v) is 26.5. The van der Waals surface area contributed by atoms with E-state index in [1.807, 2.05) is 13.8 Å². The number of sulfonamides is 1. The summed E-state index contributed by atoms with van der Waals surface area (Å²) in [5.74, 6) is -1.57.